The zero-order chi connectivity index (χ0) is 55.5. The van der Waals surface area contributed by atoms with Crippen LogP contribution in [0.5, 0.6) is 0 Å². The van der Waals surface area contributed by atoms with E-state index < -0.39 is 0 Å². The molecule has 0 aliphatic carbocycles. The van der Waals surface area contributed by atoms with Crippen LogP contribution in [0.15, 0.2) is 291 Å². The Hall–Kier alpha value is -11.3. The van der Waals surface area contributed by atoms with Gasteiger partial charge in [-0.2, -0.15) is 0 Å². The lowest BCUT2D eigenvalue weighted by Crippen LogP contribution is -1.98. The van der Waals surface area contributed by atoms with Crippen LogP contribution in [0.1, 0.15) is 0 Å². The Morgan fingerprint density at radius 2 is 0.464 bits per heavy atom. The van der Waals surface area contributed by atoms with Gasteiger partial charge in [0.2, 0.25) is 0 Å². The molecule has 0 amide bonds. The van der Waals surface area contributed by atoms with Crippen LogP contribution in [0.2, 0.25) is 0 Å². The van der Waals surface area contributed by atoms with E-state index in [9.17, 15) is 0 Å². The van der Waals surface area contributed by atoms with Crippen molar-refractivity contribution in [3.8, 4) is 101 Å². The van der Waals surface area contributed by atoms with Gasteiger partial charge < -0.3 is 0 Å². The fourth-order valence-electron chi connectivity index (χ4n) is 12.2. The van der Waals surface area contributed by atoms with Crippen molar-refractivity contribution in [1.82, 2.24) is 29.9 Å². The summed E-state index contributed by atoms with van der Waals surface area (Å²) in [4.78, 5) is 31.2. The number of pyridine rings is 2. The molecule has 0 atom stereocenters. The Balaban J connectivity index is 0.774. The zero-order valence-corrected chi connectivity index (χ0v) is 45.4. The van der Waals surface area contributed by atoms with Gasteiger partial charge in [-0.05, 0) is 101 Å². The summed E-state index contributed by atoms with van der Waals surface area (Å²) < 4.78 is 0. The van der Waals surface area contributed by atoms with E-state index in [1.807, 2.05) is 12.4 Å². The van der Waals surface area contributed by atoms with E-state index in [0.717, 1.165) is 154 Å². The molecule has 4 heterocycles. The maximum atomic E-state index is 5.43. The standard InChI is InChI=1S/C78H48N6/c1-11-23-67-51(13-1)41-43-79-75(67)55-33-29-53(30-34-55)69-47-71(73-63-19-7-3-15-59(63)45-60-16-4-8-20-64(60)73)83-77(81-69)57-37-25-49(26-38-57)50-27-39-58(40-28-50)78-82-70(54-31-35-56(36-32-54)76-68-24-12-2-14-52(68)42-44-80-76)48-72(84-78)74-65-21-9-5-17-61(65)46-62-18-6-10-22-66(62)74/h1-48H. The minimum Gasteiger partial charge on any atom is -0.256 e. The van der Waals surface area contributed by atoms with Crippen molar-refractivity contribution >= 4 is 64.6 Å². The Kier molecular flexibility index (Phi) is 11.8. The first-order valence-electron chi connectivity index (χ1n) is 28.3. The Morgan fingerprint density at radius 3 is 0.821 bits per heavy atom. The summed E-state index contributed by atoms with van der Waals surface area (Å²) >= 11 is 0. The van der Waals surface area contributed by atoms with Gasteiger partial charge >= 0.3 is 0 Å². The average Bonchev–Trinajstić information content (AvgIpc) is 2.81. The minimum atomic E-state index is 0.646. The number of fused-ring (bicyclic) bond motifs is 6. The number of nitrogens with zero attached hydrogens (tertiary/aromatic N) is 6. The molecular weight excluding hydrogens is 1020 g/mol. The highest BCUT2D eigenvalue weighted by Gasteiger charge is 2.19. The van der Waals surface area contributed by atoms with Crippen LogP contribution in [0.4, 0.5) is 0 Å². The smallest absolute Gasteiger partial charge is 0.160 e. The van der Waals surface area contributed by atoms with Gasteiger partial charge in [-0.15, -0.1) is 0 Å². The van der Waals surface area contributed by atoms with Gasteiger partial charge in [-0.3, -0.25) is 9.97 Å². The average molecular weight is 1070 g/mol. The third-order valence-electron chi connectivity index (χ3n) is 16.4. The van der Waals surface area contributed by atoms with Crippen molar-refractivity contribution in [3.63, 3.8) is 0 Å². The summed E-state index contributed by atoms with van der Waals surface area (Å²) in [7, 11) is 0. The lowest BCUT2D eigenvalue weighted by Gasteiger charge is -2.15. The highest BCUT2D eigenvalue weighted by atomic mass is 14.9. The van der Waals surface area contributed by atoms with Crippen molar-refractivity contribution in [2.45, 2.75) is 0 Å². The van der Waals surface area contributed by atoms with Crippen molar-refractivity contribution in [1.29, 1.82) is 0 Å². The molecule has 16 rings (SSSR count). The third-order valence-corrected chi connectivity index (χ3v) is 16.4. The van der Waals surface area contributed by atoms with Gasteiger partial charge in [0, 0.05) is 67.7 Å². The van der Waals surface area contributed by atoms with Gasteiger partial charge in [-0.1, -0.05) is 243 Å². The highest BCUT2D eigenvalue weighted by molar-refractivity contribution is 6.14. The van der Waals surface area contributed by atoms with Gasteiger partial charge in [-0.25, -0.2) is 19.9 Å². The maximum Gasteiger partial charge on any atom is 0.160 e. The van der Waals surface area contributed by atoms with Gasteiger partial charge in [0.1, 0.15) is 0 Å². The molecule has 4 aromatic heterocycles. The summed E-state index contributed by atoms with van der Waals surface area (Å²) in [6.45, 7) is 0. The molecule has 6 heteroatoms. The lowest BCUT2D eigenvalue weighted by atomic mass is 9.93. The Morgan fingerprint density at radius 1 is 0.190 bits per heavy atom. The Labute approximate surface area is 484 Å². The molecule has 0 unspecified atom stereocenters. The van der Waals surface area contributed by atoms with Crippen LogP contribution in [0.25, 0.3) is 166 Å². The lowest BCUT2D eigenvalue weighted by molar-refractivity contribution is 1.19. The van der Waals surface area contributed by atoms with E-state index in [1.165, 1.54) is 0 Å². The molecule has 12 aromatic carbocycles. The summed E-state index contributed by atoms with van der Waals surface area (Å²) in [5.41, 5.74) is 15.5. The second-order valence-corrected chi connectivity index (χ2v) is 21.4. The zero-order valence-electron chi connectivity index (χ0n) is 45.4. The number of aromatic nitrogens is 6. The fraction of sp³-hybridized carbons (Fsp3) is 0. The molecule has 0 fully saturated rings. The molecule has 16 aromatic rings. The van der Waals surface area contributed by atoms with Crippen molar-refractivity contribution < 1.29 is 0 Å². The molecule has 6 nitrogen and oxygen atoms in total. The monoisotopic (exact) mass is 1070 g/mol. The SMILES string of the molecule is c1ccc2c(-c3ccc(-c4cc(-c5c6ccccc6cc6ccccc56)nc(-c5ccc(-c6ccc(-c7nc(-c8ccc(-c9nccc%10ccccc9%10)cc8)cc(-c8c9ccccc9cc9ccccc89)n7)cc6)cc5)n4)cc3)nccc2c1. The van der Waals surface area contributed by atoms with Crippen molar-refractivity contribution in [2.24, 2.45) is 0 Å². The van der Waals surface area contributed by atoms with Crippen LogP contribution in [-0.4, -0.2) is 29.9 Å². The maximum absolute atomic E-state index is 5.43. The van der Waals surface area contributed by atoms with E-state index >= 15 is 0 Å². The van der Waals surface area contributed by atoms with Crippen LogP contribution in [0, 0.1) is 0 Å². The topological polar surface area (TPSA) is 77.3 Å². The second kappa shape index (κ2) is 20.3. The summed E-state index contributed by atoms with van der Waals surface area (Å²) in [6.07, 6.45) is 3.77. The van der Waals surface area contributed by atoms with E-state index in [2.05, 4.69) is 279 Å². The first kappa shape index (κ1) is 48.6. The van der Waals surface area contributed by atoms with Crippen molar-refractivity contribution in [2.75, 3.05) is 0 Å². The molecule has 390 valence electrons. The number of hydrogen-bond donors (Lipinski definition) is 0. The second-order valence-electron chi connectivity index (χ2n) is 21.4. The van der Waals surface area contributed by atoms with E-state index in [4.69, 9.17) is 29.9 Å². The van der Waals surface area contributed by atoms with Crippen molar-refractivity contribution in [3.05, 3.63) is 291 Å². The van der Waals surface area contributed by atoms with Crippen LogP contribution in [-0.2, 0) is 0 Å². The molecular formula is C78H48N6. The number of rotatable bonds is 9. The van der Waals surface area contributed by atoms with Crippen LogP contribution >= 0.6 is 0 Å². The molecule has 84 heavy (non-hydrogen) atoms. The minimum absolute atomic E-state index is 0.646. The molecule has 0 radical (unpaired) electrons. The van der Waals surface area contributed by atoms with Gasteiger partial charge in [0.25, 0.3) is 0 Å². The number of hydrogen-bond acceptors (Lipinski definition) is 6. The molecule has 0 N–H and O–H groups in total. The van der Waals surface area contributed by atoms with Gasteiger partial charge in [0.15, 0.2) is 11.6 Å². The van der Waals surface area contributed by atoms with Crippen LogP contribution < -0.4 is 0 Å². The summed E-state index contributed by atoms with van der Waals surface area (Å²) in [5.74, 6) is 1.29. The third kappa shape index (κ3) is 8.69. The molecule has 0 saturated heterocycles. The normalized spacial score (nSPS) is 11.6. The van der Waals surface area contributed by atoms with Gasteiger partial charge in [0.05, 0.1) is 34.2 Å². The van der Waals surface area contributed by atoms with E-state index in [-0.39, 0.29) is 0 Å². The van der Waals surface area contributed by atoms with Crippen LogP contribution in [0.3, 0.4) is 0 Å². The fourth-order valence-corrected chi connectivity index (χ4v) is 12.2. The van der Waals surface area contributed by atoms with E-state index in [0.29, 0.717) is 11.6 Å². The summed E-state index contributed by atoms with van der Waals surface area (Å²) in [6, 6.07) is 98.5. The predicted octanol–water partition coefficient (Wildman–Crippen LogP) is 20.0. The largest absolute Gasteiger partial charge is 0.256 e. The molecule has 0 saturated carbocycles. The molecule has 0 aliphatic heterocycles. The first-order chi connectivity index (χ1) is 41.6. The predicted molar refractivity (Wildman–Crippen MR) is 347 cm³/mol. The molecule has 0 aliphatic rings. The molecule has 0 bridgehead atoms. The number of benzene rings is 12. The highest BCUT2D eigenvalue weighted by Crippen LogP contribution is 2.41. The van der Waals surface area contributed by atoms with E-state index in [1.54, 1.807) is 0 Å². The molecule has 0 spiro atoms. The quantitative estimate of drug-likeness (QED) is 0.134. The first-order valence-corrected chi connectivity index (χ1v) is 28.3. The Bertz CT molecular complexity index is 4780. The summed E-state index contributed by atoms with van der Waals surface area (Å²) in [5, 5.41) is 13.8.